The summed E-state index contributed by atoms with van der Waals surface area (Å²) in [5.41, 5.74) is -0.300. The molecule has 1 heterocycles. The lowest BCUT2D eigenvalue weighted by atomic mass is 9.75. The Balaban J connectivity index is 2.51. The zero-order chi connectivity index (χ0) is 12.5. The maximum atomic E-state index is 12.0. The molecule has 0 amide bonds. The average molecular weight is 234 g/mol. The van der Waals surface area contributed by atoms with Gasteiger partial charge in [-0.2, -0.15) is 0 Å². The number of carbonyl (C=O) groups is 2. The summed E-state index contributed by atoms with van der Waals surface area (Å²) in [5.74, 6) is -0.928. The van der Waals surface area contributed by atoms with E-state index < -0.39 is 17.4 Å². The second kappa shape index (κ2) is 4.20. The van der Waals surface area contributed by atoms with Gasteiger partial charge in [-0.1, -0.05) is 31.5 Å². The van der Waals surface area contributed by atoms with E-state index in [-0.39, 0.29) is 6.42 Å². The first-order valence-electron chi connectivity index (χ1n) is 5.64. The maximum absolute atomic E-state index is 12.0. The summed E-state index contributed by atoms with van der Waals surface area (Å²) in [7, 11) is 0. The van der Waals surface area contributed by atoms with Gasteiger partial charge in [-0.05, 0) is 12.5 Å². The van der Waals surface area contributed by atoms with Crippen LogP contribution in [-0.2, 0) is 15.0 Å². The summed E-state index contributed by atoms with van der Waals surface area (Å²) >= 11 is 0. The Hall–Kier alpha value is -1.84. The lowest BCUT2D eigenvalue weighted by Crippen LogP contribution is -2.36. The molecule has 90 valence electrons. The van der Waals surface area contributed by atoms with E-state index in [0.29, 0.717) is 17.7 Å². The molecule has 0 bridgehead atoms. The van der Waals surface area contributed by atoms with Crippen molar-refractivity contribution in [3.63, 3.8) is 0 Å². The van der Waals surface area contributed by atoms with E-state index in [1.165, 1.54) is 0 Å². The van der Waals surface area contributed by atoms with Crippen molar-refractivity contribution in [2.24, 2.45) is 0 Å². The number of carboxylic acids is 1. The highest BCUT2D eigenvalue weighted by molar-refractivity contribution is 5.94. The molecule has 0 radical (unpaired) electrons. The van der Waals surface area contributed by atoms with Crippen molar-refractivity contribution in [3.05, 3.63) is 29.8 Å². The van der Waals surface area contributed by atoms with Crippen molar-refractivity contribution in [3.8, 4) is 5.75 Å². The molecule has 0 saturated heterocycles. The first kappa shape index (κ1) is 11.6. The van der Waals surface area contributed by atoms with Gasteiger partial charge in [-0.3, -0.25) is 9.59 Å². The van der Waals surface area contributed by atoms with E-state index in [1.807, 2.05) is 6.92 Å². The fourth-order valence-corrected chi connectivity index (χ4v) is 2.44. The Labute approximate surface area is 99.2 Å². The van der Waals surface area contributed by atoms with Crippen molar-refractivity contribution in [2.75, 3.05) is 0 Å². The van der Waals surface area contributed by atoms with Crippen LogP contribution in [0, 0.1) is 0 Å². The average Bonchev–Trinajstić information content (AvgIpc) is 2.53. The van der Waals surface area contributed by atoms with Crippen molar-refractivity contribution in [1.82, 2.24) is 0 Å². The van der Waals surface area contributed by atoms with Crippen LogP contribution in [0.1, 0.15) is 31.7 Å². The van der Waals surface area contributed by atoms with E-state index in [4.69, 9.17) is 9.84 Å². The minimum absolute atomic E-state index is 0.212. The number of esters is 1. The quantitative estimate of drug-likeness (QED) is 0.640. The van der Waals surface area contributed by atoms with Gasteiger partial charge >= 0.3 is 11.9 Å². The third-order valence-electron chi connectivity index (χ3n) is 3.13. The Morgan fingerprint density at radius 3 is 2.76 bits per heavy atom. The molecule has 1 aliphatic heterocycles. The molecule has 1 N–H and O–H groups in total. The van der Waals surface area contributed by atoms with Crippen LogP contribution in [0.25, 0.3) is 0 Å². The summed E-state index contributed by atoms with van der Waals surface area (Å²) in [5, 5.41) is 9.00. The predicted octanol–water partition coefficient (Wildman–Crippen LogP) is 2.12. The van der Waals surface area contributed by atoms with Gasteiger partial charge in [-0.25, -0.2) is 0 Å². The number of hydrogen-bond acceptors (Lipinski definition) is 3. The van der Waals surface area contributed by atoms with Gasteiger partial charge in [0.25, 0.3) is 0 Å². The third-order valence-corrected chi connectivity index (χ3v) is 3.13. The minimum Gasteiger partial charge on any atom is -0.481 e. The Kier molecular flexibility index (Phi) is 2.88. The summed E-state index contributed by atoms with van der Waals surface area (Å²) < 4.78 is 5.17. The number of ether oxygens (including phenoxy) is 1. The highest BCUT2D eigenvalue weighted by atomic mass is 16.5. The number of para-hydroxylation sites is 1. The van der Waals surface area contributed by atoms with E-state index >= 15 is 0 Å². The molecule has 4 nitrogen and oxygen atoms in total. The first-order chi connectivity index (χ1) is 8.10. The van der Waals surface area contributed by atoms with Gasteiger partial charge in [0, 0.05) is 5.56 Å². The molecule has 0 saturated carbocycles. The van der Waals surface area contributed by atoms with Crippen LogP contribution in [0.5, 0.6) is 5.75 Å². The van der Waals surface area contributed by atoms with Crippen LogP contribution in [0.3, 0.4) is 0 Å². The Bertz CT molecular complexity index is 466. The summed E-state index contributed by atoms with van der Waals surface area (Å²) in [4.78, 5) is 23.0. The zero-order valence-corrected chi connectivity index (χ0v) is 9.60. The van der Waals surface area contributed by atoms with E-state index in [9.17, 15) is 9.59 Å². The summed E-state index contributed by atoms with van der Waals surface area (Å²) in [6.45, 7) is 1.93. The molecule has 1 aromatic rings. The molecule has 1 unspecified atom stereocenters. The van der Waals surface area contributed by atoms with E-state index in [2.05, 4.69) is 0 Å². The second-order valence-corrected chi connectivity index (χ2v) is 4.29. The SMILES string of the molecule is CCCC1(CC(=O)O)C(=O)Oc2ccccc21. The van der Waals surface area contributed by atoms with Crippen LogP contribution in [0.4, 0.5) is 0 Å². The molecule has 1 aliphatic rings. The molecule has 0 aliphatic carbocycles. The molecule has 1 atom stereocenters. The number of benzene rings is 1. The largest absolute Gasteiger partial charge is 0.481 e. The van der Waals surface area contributed by atoms with Gasteiger partial charge in [0.1, 0.15) is 11.2 Å². The third kappa shape index (κ3) is 1.79. The fraction of sp³-hybridized carbons (Fsp3) is 0.385. The standard InChI is InChI=1S/C13H14O4/c1-2-7-13(8-11(14)15)9-5-3-4-6-10(9)17-12(13)16/h3-6H,2,7-8H2,1H3,(H,14,15). The first-order valence-corrected chi connectivity index (χ1v) is 5.64. The zero-order valence-electron chi connectivity index (χ0n) is 9.60. The number of carboxylic acid groups (broad SMARTS) is 1. The Morgan fingerprint density at radius 1 is 1.41 bits per heavy atom. The Morgan fingerprint density at radius 2 is 2.12 bits per heavy atom. The van der Waals surface area contributed by atoms with Gasteiger partial charge in [0.05, 0.1) is 6.42 Å². The molecular formula is C13H14O4. The van der Waals surface area contributed by atoms with E-state index in [0.717, 1.165) is 6.42 Å². The predicted molar refractivity (Wildman–Crippen MR) is 60.9 cm³/mol. The monoisotopic (exact) mass is 234 g/mol. The van der Waals surface area contributed by atoms with Crippen LogP contribution in [-0.4, -0.2) is 17.0 Å². The van der Waals surface area contributed by atoms with Gasteiger partial charge < -0.3 is 9.84 Å². The maximum Gasteiger partial charge on any atom is 0.322 e. The minimum atomic E-state index is -1.00. The van der Waals surface area contributed by atoms with Crippen LogP contribution >= 0.6 is 0 Å². The number of aliphatic carboxylic acids is 1. The molecule has 0 fully saturated rings. The number of rotatable bonds is 4. The number of carbonyl (C=O) groups excluding carboxylic acids is 1. The smallest absolute Gasteiger partial charge is 0.322 e. The number of fused-ring (bicyclic) bond motifs is 1. The van der Waals surface area contributed by atoms with Gasteiger partial charge in [-0.15, -0.1) is 0 Å². The van der Waals surface area contributed by atoms with Crippen LogP contribution < -0.4 is 4.74 Å². The molecule has 0 spiro atoms. The van der Waals surface area contributed by atoms with Gasteiger partial charge in [0.2, 0.25) is 0 Å². The summed E-state index contributed by atoms with van der Waals surface area (Å²) in [6.07, 6.45) is 1.02. The molecular weight excluding hydrogens is 220 g/mol. The van der Waals surface area contributed by atoms with Gasteiger partial charge in [0.15, 0.2) is 0 Å². The number of hydrogen-bond donors (Lipinski definition) is 1. The van der Waals surface area contributed by atoms with Crippen LogP contribution in [0.2, 0.25) is 0 Å². The fourth-order valence-electron chi connectivity index (χ4n) is 2.44. The molecule has 2 rings (SSSR count). The molecule has 4 heteroatoms. The van der Waals surface area contributed by atoms with Crippen molar-refractivity contribution >= 4 is 11.9 Å². The molecule has 0 aromatic heterocycles. The lowest BCUT2D eigenvalue weighted by Gasteiger charge is -2.23. The normalized spacial score (nSPS) is 22.1. The highest BCUT2D eigenvalue weighted by Crippen LogP contribution is 2.44. The summed E-state index contributed by atoms with van der Waals surface area (Å²) in [6, 6.07) is 7.05. The second-order valence-electron chi connectivity index (χ2n) is 4.29. The lowest BCUT2D eigenvalue weighted by molar-refractivity contribution is -0.146. The van der Waals surface area contributed by atoms with Crippen molar-refractivity contribution in [1.29, 1.82) is 0 Å². The topological polar surface area (TPSA) is 63.6 Å². The van der Waals surface area contributed by atoms with Crippen molar-refractivity contribution < 1.29 is 19.4 Å². The molecule has 17 heavy (non-hydrogen) atoms. The highest BCUT2D eigenvalue weighted by Gasteiger charge is 2.49. The van der Waals surface area contributed by atoms with E-state index in [1.54, 1.807) is 24.3 Å². The van der Waals surface area contributed by atoms with Crippen molar-refractivity contribution in [2.45, 2.75) is 31.6 Å². The van der Waals surface area contributed by atoms with Crippen LogP contribution in [0.15, 0.2) is 24.3 Å². The molecule has 1 aromatic carbocycles.